The molecular formula is C9H6Cl2N2O2S. The Morgan fingerprint density at radius 1 is 1.44 bits per heavy atom. The summed E-state index contributed by atoms with van der Waals surface area (Å²) in [5.41, 5.74) is 11.0. The summed E-state index contributed by atoms with van der Waals surface area (Å²) in [6, 6.07) is 1.42. The molecule has 4 nitrogen and oxygen atoms in total. The maximum atomic E-state index is 11.2. The number of hydrogen-bond acceptors (Lipinski definition) is 4. The van der Waals surface area contributed by atoms with Gasteiger partial charge in [-0.2, -0.15) is 0 Å². The van der Waals surface area contributed by atoms with Crippen molar-refractivity contribution in [3.8, 4) is 5.75 Å². The number of fused-ring (bicyclic) bond motifs is 1. The summed E-state index contributed by atoms with van der Waals surface area (Å²) in [7, 11) is 0. The Labute approximate surface area is 104 Å². The smallest absolute Gasteiger partial charge is 0.252 e. The van der Waals surface area contributed by atoms with Gasteiger partial charge in [-0.05, 0) is 6.07 Å². The third-order valence-electron chi connectivity index (χ3n) is 2.12. The molecule has 5 N–H and O–H groups in total. The third-order valence-corrected chi connectivity index (χ3v) is 3.94. The summed E-state index contributed by atoms with van der Waals surface area (Å²) in [4.78, 5) is 11.2. The van der Waals surface area contributed by atoms with Gasteiger partial charge in [-0.15, -0.1) is 11.3 Å². The molecular weight excluding hydrogens is 271 g/mol. The van der Waals surface area contributed by atoms with Crippen LogP contribution in [0.4, 0.5) is 5.00 Å². The van der Waals surface area contributed by atoms with Crippen molar-refractivity contribution < 1.29 is 9.90 Å². The normalized spacial score (nSPS) is 10.9. The number of primary amides is 1. The Hall–Kier alpha value is -1.17. The molecule has 16 heavy (non-hydrogen) atoms. The van der Waals surface area contributed by atoms with Crippen LogP contribution in [-0.2, 0) is 0 Å². The van der Waals surface area contributed by atoms with Crippen LogP contribution in [0.15, 0.2) is 6.07 Å². The predicted molar refractivity (Wildman–Crippen MR) is 66.4 cm³/mol. The first-order chi connectivity index (χ1) is 7.43. The average Bonchev–Trinajstić information content (AvgIpc) is 2.51. The summed E-state index contributed by atoms with van der Waals surface area (Å²) in [5.74, 6) is -0.880. The van der Waals surface area contributed by atoms with E-state index in [4.69, 9.17) is 34.7 Å². The number of amides is 1. The summed E-state index contributed by atoms with van der Waals surface area (Å²) in [6.07, 6.45) is 0. The van der Waals surface area contributed by atoms with Crippen molar-refractivity contribution in [2.45, 2.75) is 0 Å². The van der Waals surface area contributed by atoms with Crippen LogP contribution in [0, 0.1) is 0 Å². The number of thiophene rings is 1. The first kappa shape index (κ1) is 11.3. The van der Waals surface area contributed by atoms with Crippen LogP contribution in [-0.4, -0.2) is 11.0 Å². The molecule has 0 saturated heterocycles. The van der Waals surface area contributed by atoms with Gasteiger partial charge in [-0.1, -0.05) is 23.2 Å². The lowest BCUT2D eigenvalue weighted by molar-refractivity contribution is 0.100. The molecule has 0 atom stereocenters. The first-order valence-electron chi connectivity index (χ1n) is 4.12. The maximum absolute atomic E-state index is 11.2. The number of rotatable bonds is 1. The molecule has 1 aromatic heterocycles. The number of hydrogen-bond donors (Lipinski definition) is 3. The molecule has 0 unspecified atom stereocenters. The van der Waals surface area contributed by atoms with Gasteiger partial charge in [0.1, 0.15) is 5.02 Å². The maximum Gasteiger partial charge on any atom is 0.252 e. The Morgan fingerprint density at radius 3 is 2.62 bits per heavy atom. The number of benzene rings is 1. The van der Waals surface area contributed by atoms with Gasteiger partial charge < -0.3 is 16.6 Å². The van der Waals surface area contributed by atoms with Crippen molar-refractivity contribution >= 4 is 55.5 Å². The fraction of sp³-hybridized carbons (Fsp3) is 0. The molecule has 2 rings (SSSR count). The molecule has 1 heterocycles. The van der Waals surface area contributed by atoms with E-state index in [0.29, 0.717) is 10.1 Å². The van der Waals surface area contributed by atoms with E-state index in [1.54, 1.807) is 0 Å². The molecule has 0 saturated carbocycles. The molecule has 2 aromatic rings. The average molecular weight is 277 g/mol. The van der Waals surface area contributed by atoms with Gasteiger partial charge >= 0.3 is 0 Å². The summed E-state index contributed by atoms with van der Waals surface area (Å²) >= 11 is 12.7. The number of nitrogen functional groups attached to an aromatic ring is 1. The third kappa shape index (κ3) is 1.48. The van der Waals surface area contributed by atoms with E-state index < -0.39 is 5.91 Å². The number of nitrogens with two attached hydrogens (primary N) is 2. The Morgan fingerprint density at radius 2 is 2.06 bits per heavy atom. The standard InChI is InChI=1S/C9H6Cl2N2O2S/c10-3-1-2-4(8(12)15)9(13)16-7(2)5(11)6(3)14/h1,14H,13H2,(H2,12,15). The largest absolute Gasteiger partial charge is 0.505 e. The van der Waals surface area contributed by atoms with Crippen molar-refractivity contribution in [3.05, 3.63) is 21.7 Å². The minimum absolute atomic E-state index is 0.0535. The van der Waals surface area contributed by atoms with Crippen LogP contribution in [0.3, 0.4) is 0 Å². The highest BCUT2D eigenvalue weighted by atomic mass is 35.5. The lowest BCUT2D eigenvalue weighted by Crippen LogP contribution is -2.11. The second-order valence-electron chi connectivity index (χ2n) is 3.10. The molecule has 7 heteroatoms. The van der Waals surface area contributed by atoms with E-state index in [1.807, 2.05) is 0 Å². The van der Waals surface area contributed by atoms with E-state index in [2.05, 4.69) is 0 Å². The molecule has 0 aliphatic rings. The highest BCUT2D eigenvalue weighted by molar-refractivity contribution is 7.23. The number of aromatic hydroxyl groups is 1. The molecule has 0 fully saturated rings. The summed E-state index contributed by atoms with van der Waals surface area (Å²) < 4.78 is 0.495. The van der Waals surface area contributed by atoms with Gasteiger partial charge in [0.25, 0.3) is 5.91 Å². The van der Waals surface area contributed by atoms with Gasteiger partial charge in [0.05, 0.1) is 20.3 Å². The number of anilines is 1. The van der Waals surface area contributed by atoms with E-state index in [1.165, 1.54) is 6.07 Å². The van der Waals surface area contributed by atoms with Crippen molar-refractivity contribution in [1.82, 2.24) is 0 Å². The minimum Gasteiger partial charge on any atom is -0.505 e. The van der Waals surface area contributed by atoms with Gasteiger partial charge in [0.2, 0.25) is 0 Å². The molecule has 0 aliphatic carbocycles. The number of phenols is 1. The van der Waals surface area contributed by atoms with Crippen molar-refractivity contribution in [2.75, 3.05) is 5.73 Å². The van der Waals surface area contributed by atoms with Crippen molar-refractivity contribution in [3.63, 3.8) is 0 Å². The predicted octanol–water partition coefficient (Wildman–Crippen LogP) is 2.59. The minimum atomic E-state index is -0.651. The van der Waals surface area contributed by atoms with Gasteiger partial charge in [0, 0.05) is 5.39 Å². The molecule has 84 valence electrons. The Bertz CT molecular complexity index is 609. The van der Waals surface area contributed by atoms with E-state index in [-0.39, 0.29) is 26.4 Å². The van der Waals surface area contributed by atoms with Crippen LogP contribution in [0.5, 0.6) is 5.75 Å². The van der Waals surface area contributed by atoms with Crippen molar-refractivity contribution in [1.29, 1.82) is 0 Å². The fourth-order valence-corrected chi connectivity index (χ4v) is 2.99. The molecule has 0 bridgehead atoms. The molecule has 1 aromatic carbocycles. The first-order valence-corrected chi connectivity index (χ1v) is 5.69. The SMILES string of the molecule is NC(=O)c1c(N)sc2c(Cl)c(O)c(Cl)cc12. The molecule has 0 radical (unpaired) electrons. The second-order valence-corrected chi connectivity index (χ2v) is 4.94. The number of carbonyl (C=O) groups excluding carboxylic acids is 1. The van der Waals surface area contributed by atoms with Gasteiger partial charge in [0.15, 0.2) is 5.75 Å². The monoisotopic (exact) mass is 276 g/mol. The Kier molecular flexibility index (Phi) is 2.61. The number of carbonyl (C=O) groups is 1. The van der Waals surface area contributed by atoms with Gasteiger partial charge in [-0.3, -0.25) is 4.79 Å². The molecule has 0 aliphatic heterocycles. The van der Waals surface area contributed by atoms with Crippen LogP contribution in [0.2, 0.25) is 10.0 Å². The quantitative estimate of drug-likeness (QED) is 0.748. The lowest BCUT2D eigenvalue weighted by Gasteiger charge is -2.01. The van der Waals surface area contributed by atoms with Crippen LogP contribution >= 0.6 is 34.5 Å². The zero-order valence-corrected chi connectivity index (χ0v) is 10.1. The van der Waals surface area contributed by atoms with Gasteiger partial charge in [-0.25, -0.2) is 0 Å². The summed E-state index contributed by atoms with van der Waals surface area (Å²) in [6.45, 7) is 0. The zero-order chi connectivity index (χ0) is 12.0. The van der Waals surface area contributed by atoms with E-state index in [0.717, 1.165) is 11.3 Å². The van der Waals surface area contributed by atoms with Crippen LogP contribution in [0.1, 0.15) is 10.4 Å². The summed E-state index contributed by atoms with van der Waals surface area (Å²) in [5, 5.41) is 10.4. The molecule has 1 amide bonds. The Balaban J connectivity index is 2.96. The van der Waals surface area contributed by atoms with Crippen LogP contribution < -0.4 is 11.5 Å². The highest BCUT2D eigenvalue weighted by Crippen LogP contribution is 2.45. The zero-order valence-electron chi connectivity index (χ0n) is 7.75. The topological polar surface area (TPSA) is 89.3 Å². The fourth-order valence-electron chi connectivity index (χ4n) is 1.42. The van der Waals surface area contributed by atoms with Crippen LogP contribution in [0.25, 0.3) is 10.1 Å². The van der Waals surface area contributed by atoms with E-state index >= 15 is 0 Å². The highest BCUT2D eigenvalue weighted by Gasteiger charge is 2.20. The number of phenolic OH excluding ortho intramolecular Hbond substituents is 1. The lowest BCUT2D eigenvalue weighted by atomic mass is 10.1. The van der Waals surface area contributed by atoms with E-state index in [9.17, 15) is 9.90 Å². The molecule has 0 spiro atoms. The number of halogens is 2. The van der Waals surface area contributed by atoms with Crippen molar-refractivity contribution in [2.24, 2.45) is 5.73 Å². The second kappa shape index (κ2) is 3.69.